The second-order valence-electron chi connectivity index (χ2n) is 5.63. The van der Waals surface area contributed by atoms with Crippen LogP contribution < -0.4 is 5.32 Å². The molecule has 2 aliphatic rings. The molecule has 3 rings (SSSR count). The van der Waals surface area contributed by atoms with Gasteiger partial charge in [0.05, 0.1) is 6.10 Å². The fraction of sp³-hybridized carbons (Fsp3) is 0.500. The Balaban J connectivity index is 1.64. The lowest BCUT2D eigenvalue weighted by molar-refractivity contribution is -0.135. The predicted octanol–water partition coefficient (Wildman–Crippen LogP) is 1.93. The van der Waals surface area contributed by atoms with Gasteiger partial charge in [-0.1, -0.05) is 18.2 Å². The van der Waals surface area contributed by atoms with E-state index in [9.17, 15) is 9.59 Å². The largest absolute Gasteiger partial charge is 0.378 e. The molecule has 1 aromatic rings. The van der Waals surface area contributed by atoms with Gasteiger partial charge in [-0.2, -0.15) is 0 Å². The highest BCUT2D eigenvalue weighted by atomic mass is 16.5. The molecule has 0 spiro atoms. The van der Waals surface area contributed by atoms with Gasteiger partial charge in [0.15, 0.2) is 0 Å². The van der Waals surface area contributed by atoms with Crippen LogP contribution in [0.25, 0.3) is 0 Å². The van der Waals surface area contributed by atoms with Gasteiger partial charge in [0.25, 0.3) is 0 Å². The van der Waals surface area contributed by atoms with Crippen molar-refractivity contribution in [2.75, 3.05) is 18.5 Å². The van der Waals surface area contributed by atoms with E-state index in [1.54, 1.807) is 4.90 Å². The Morgan fingerprint density at radius 2 is 2.19 bits per heavy atom. The Labute approximate surface area is 124 Å². The first-order valence-corrected chi connectivity index (χ1v) is 7.49. The van der Waals surface area contributed by atoms with Crippen molar-refractivity contribution in [3.63, 3.8) is 0 Å². The third-order valence-corrected chi connectivity index (χ3v) is 4.04. The number of amides is 2. The molecule has 112 valence electrons. The number of hydrogen-bond acceptors (Lipinski definition) is 3. The summed E-state index contributed by atoms with van der Waals surface area (Å²) in [7, 11) is 0. The van der Waals surface area contributed by atoms with E-state index in [4.69, 9.17) is 4.74 Å². The number of carbonyl (C=O) groups excluding carboxylic acids is 2. The molecule has 5 heteroatoms. The third kappa shape index (κ3) is 3.42. The number of anilines is 1. The van der Waals surface area contributed by atoms with Crippen LogP contribution >= 0.6 is 0 Å². The summed E-state index contributed by atoms with van der Waals surface area (Å²) < 4.78 is 5.54. The van der Waals surface area contributed by atoms with Crippen LogP contribution in [-0.2, 0) is 20.9 Å². The first-order valence-electron chi connectivity index (χ1n) is 7.49. The van der Waals surface area contributed by atoms with Gasteiger partial charge in [-0.05, 0) is 30.9 Å². The van der Waals surface area contributed by atoms with Crippen LogP contribution in [0.3, 0.4) is 0 Å². The highest BCUT2D eigenvalue weighted by Crippen LogP contribution is 2.22. The van der Waals surface area contributed by atoms with E-state index in [0.717, 1.165) is 37.1 Å². The molecule has 1 fully saturated rings. The number of ether oxygens (including phenoxy) is 1. The zero-order chi connectivity index (χ0) is 14.7. The summed E-state index contributed by atoms with van der Waals surface area (Å²) in [5.74, 6) is -0.109. The van der Waals surface area contributed by atoms with Gasteiger partial charge in [-0.25, -0.2) is 0 Å². The molecule has 2 aliphatic heterocycles. The molecular formula is C16H20N2O3. The lowest BCUT2D eigenvalue weighted by atomic mass is 10.1. The lowest BCUT2D eigenvalue weighted by Crippen LogP contribution is -2.35. The molecule has 0 saturated carbocycles. The predicted molar refractivity (Wildman–Crippen MR) is 78.7 cm³/mol. The fourth-order valence-electron chi connectivity index (χ4n) is 2.90. The van der Waals surface area contributed by atoms with Gasteiger partial charge >= 0.3 is 0 Å². The summed E-state index contributed by atoms with van der Waals surface area (Å²) in [5, 5.41) is 2.85. The van der Waals surface area contributed by atoms with Crippen molar-refractivity contribution >= 4 is 17.5 Å². The summed E-state index contributed by atoms with van der Waals surface area (Å²) >= 11 is 0. The number of benzene rings is 1. The second kappa shape index (κ2) is 6.26. The molecule has 1 saturated heterocycles. The minimum Gasteiger partial charge on any atom is -0.378 e. The second-order valence-corrected chi connectivity index (χ2v) is 5.63. The average Bonchev–Trinajstić information content (AvgIpc) is 2.93. The third-order valence-electron chi connectivity index (χ3n) is 4.04. The van der Waals surface area contributed by atoms with Crippen molar-refractivity contribution in [3.05, 3.63) is 29.8 Å². The number of nitrogens with zero attached hydrogens (tertiary/aromatic N) is 1. The van der Waals surface area contributed by atoms with Gasteiger partial charge in [-0.15, -0.1) is 0 Å². The topological polar surface area (TPSA) is 58.6 Å². The SMILES string of the molecule is O=C1CN(C(=O)CCC2CCCO2)Cc2ccccc2N1. The van der Waals surface area contributed by atoms with Crippen LogP contribution in [0.2, 0.25) is 0 Å². The highest BCUT2D eigenvalue weighted by molar-refractivity contribution is 5.96. The van der Waals surface area contributed by atoms with Crippen LogP contribution in [0.15, 0.2) is 24.3 Å². The Morgan fingerprint density at radius 1 is 1.33 bits per heavy atom. The fourth-order valence-corrected chi connectivity index (χ4v) is 2.90. The maximum atomic E-state index is 12.4. The molecule has 0 bridgehead atoms. The molecular weight excluding hydrogens is 268 g/mol. The number of hydrogen-bond donors (Lipinski definition) is 1. The summed E-state index contributed by atoms with van der Waals surface area (Å²) in [6.45, 7) is 1.41. The van der Waals surface area contributed by atoms with Gasteiger partial charge in [0.2, 0.25) is 11.8 Å². The number of para-hydroxylation sites is 1. The van der Waals surface area contributed by atoms with Crippen LogP contribution in [0.5, 0.6) is 0 Å². The highest BCUT2D eigenvalue weighted by Gasteiger charge is 2.24. The van der Waals surface area contributed by atoms with Crippen molar-refractivity contribution < 1.29 is 14.3 Å². The lowest BCUT2D eigenvalue weighted by Gasteiger charge is -2.20. The molecule has 1 aromatic carbocycles. The summed E-state index contributed by atoms with van der Waals surface area (Å²) in [6, 6.07) is 7.62. The zero-order valence-corrected chi connectivity index (χ0v) is 12.0. The van der Waals surface area contributed by atoms with E-state index in [1.807, 2.05) is 24.3 Å². The van der Waals surface area contributed by atoms with E-state index in [2.05, 4.69) is 5.32 Å². The molecule has 1 N–H and O–H groups in total. The smallest absolute Gasteiger partial charge is 0.244 e. The molecule has 0 aromatic heterocycles. The minimum atomic E-state index is -0.134. The van der Waals surface area contributed by atoms with Crippen molar-refractivity contribution in [1.29, 1.82) is 0 Å². The first-order chi connectivity index (χ1) is 10.2. The van der Waals surface area contributed by atoms with Crippen molar-refractivity contribution in [2.45, 2.75) is 38.3 Å². The Bertz CT molecular complexity index is 538. The monoisotopic (exact) mass is 288 g/mol. The van der Waals surface area contributed by atoms with E-state index < -0.39 is 0 Å². The molecule has 1 unspecified atom stereocenters. The Morgan fingerprint density at radius 3 is 3.00 bits per heavy atom. The molecule has 1 atom stereocenters. The van der Waals surface area contributed by atoms with E-state index >= 15 is 0 Å². The summed E-state index contributed by atoms with van der Waals surface area (Å²) in [4.78, 5) is 25.9. The molecule has 0 radical (unpaired) electrons. The Hall–Kier alpha value is -1.88. The molecule has 5 nitrogen and oxygen atoms in total. The van der Waals surface area contributed by atoms with E-state index in [1.165, 1.54) is 0 Å². The number of fused-ring (bicyclic) bond motifs is 1. The van der Waals surface area contributed by atoms with Crippen molar-refractivity contribution in [1.82, 2.24) is 4.90 Å². The van der Waals surface area contributed by atoms with E-state index in [-0.39, 0.29) is 24.5 Å². The van der Waals surface area contributed by atoms with Gasteiger partial charge < -0.3 is 15.0 Å². The van der Waals surface area contributed by atoms with Crippen LogP contribution in [0, 0.1) is 0 Å². The molecule has 2 heterocycles. The maximum absolute atomic E-state index is 12.4. The summed E-state index contributed by atoms with van der Waals surface area (Å²) in [5.41, 5.74) is 1.78. The van der Waals surface area contributed by atoms with Crippen molar-refractivity contribution in [2.24, 2.45) is 0 Å². The number of nitrogens with one attached hydrogen (secondary N) is 1. The molecule has 21 heavy (non-hydrogen) atoms. The van der Waals surface area contributed by atoms with Gasteiger partial charge in [0, 0.05) is 25.3 Å². The number of carbonyl (C=O) groups is 2. The summed E-state index contributed by atoms with van der Waals surface area (Å²) in [6.07, 6.45) is 3.52. The molecule has 0 aliphatic carbocycles. The average molecular weight is 288 g/mol. The van der Waals surface area contributed by atoms with E-state index in [0.29, 0.717) is 13.0 Å². The van der Waals surface area contributed by atoms with Crippen LogP contribution in [0.4, 0.5) is 5.69 Å². The standard InChI is InChI=1S/C16H20N2O3/c19-15-11-18(10-12-4-1-2-6-14(12)17-15)16(20)8-7-13-5-3-9-21-13/h1-2,4,6,13H,3,5,7-11H2,(H,17,19). The zero-order valence-electron chi connectivity index (χ0n) is 12.0. The minimum absolute atomic E-state index is 0.0253. The normalized spacial score (nSPS) is 21.6. The Kier molecular flexibility index (Phi) is 4.20. The van der Waals surface area contributed by atoms with Crippen LogP contribution in [-0.4, -0.2) is 36.0 Å². The van der Waals surface area contributed by atoms with Crippen molar-refractivity contribution in [3.8, 4) is 0 Å². The first kappa shape index (κ1) is 14.1. The maximum Gasteiger partial charge on any atom is 0.244 e. The quantitative estimate of drug-likeness (QED) is 0.924. The van der Waals surface area contributed by atoms with Gasteiger partial charge in [-0.3, -0.25) is 9.59 Å². The number of rotatable bonds is 3. The van der Waals surface area contributed by atoms with Crippen LogP contribution in [0.1, 0.15) is 31.2 Å². The van der Waals surface area contributed by atoms with Gasteiger partial charge in [0.1, 0.15) is 6.54 Å². The molecule has 2 amide bonds.